The second-order valence-electron chi connectivity index (χ2n) is 4.05. The molecule has 2 amide bonds. The molecule has 1 aliphatic heterocycles. The van der Waals surface area contributed by atoms with Crippen molar-refractivity contribution in [1.29, 1.82) is 0 Å². The van der Waals surface area contributed by atoms with Crippen molar-refractivity contribution < 1.29 is 14.3 Å². The standard InChI is InChI=1S/C11H16N4O3/c1-13-10(16)9-6-18-3-2-15(9)11(17)8-4-7(12)5-14-8/h4-5,9,14H,2-3,6,12H2,1H3,(H,13,16). The summed E-state index contributed by atoms with van der Waals surface area (Å²) in [5.41, 5.74) is 6.43. The van der Waals surface area contributed by atoms with Crippen molar-refractivity contribution in [2.45, 2.75) is 6.04 Å². The summed E-state index contributed by atoms with van der Waals surface area (Å²) in [6.07, 6.45) is 1.54. The number of aromatic nitrogens is 1. The minimum atomic E-state index is -0.597. The number of nitrogens with zero attached hydrogens (tertiary/aromatic N) is 1. The molecule has 1 unspecified atom stereocenters. The Morgan fingerprint density at radius 1 is 1.61 bits per heavy atom. The lowest BCUT2D eigenvalue weighted by Gasteiger charge is -2.33. The topological polar surface area (TPSA) is 100 Å². The van der Waals surface area contributed by atoms with E-state index in [0.717, 1.165) is 0 Å². The number of ether oxygens (including phenoxy) is 1. The van der Waals surface area contributed by atoms with Crippen molar-refractivity contribution in [3.63, 3.8) is 0 Å². The van der Waals surface area contributed by atoms with E-state index in [1.807, 2.05) is 0 Å². The Labute approximate surface area is 104 Å². The van der Waals surface area contributed by atoms with E-state index in [0.29, 0.717) is 24.5 Å². The Bertz CT molecular complexity index is 457. The third kappa shape index (κ3) is 2.30. The van der Waals surface area contributed by atoms with Crippen molar-refractivity contribution in [2.75, 3.05) is 32.5 Å². The Morgan fingerprint density at radius 2 is 2.39 bits per heavy atom. The van der Waals surface area contributed by atoms with Crippen molar-refractivity contribution in [3.8, 4) is 0 Å². The lowest BCUT2D eigenvalue weighted by Crippen LogP contribution is -2.55. The van der Waals surface area contributed by atoms with Gasteiger partial charge in [-0.25, -0.2) is 0 Å². The van der Waals surface area contributed by atoms with E-state index in [9.17, 15) is 9.59 Å². The Kier molecular flexibility index (Phi) is 3.52. The van der Waals surface area contributed by atoms with E-state index in [2.05, 4.69) is 10.3 Å². The number of H-pyrrole nitrogens is 1. The van der Waals surface area contributed by atoms with E-state index in [1.54, 1.807) is 12.3 Å². The van der Waals surface area contributed by atoms with Crippen LogP contribution in [0.1, 0.15) is 10.5 Å². The SMILES string of the molecule is CNC(=O)C1COCCN1C(=O)c1cc(N)c[nH]1. The van der Waals surface area contributed by atoms with E-state index >= 15 is 0 Å². The van der Waals surface area contributed by atoms with Gasteiger partial charge in [0.25, 0.3) is 5.91 Å². The first-order chi connectivity index (χ1) is 8.63. The predicted molar refractivity (Wildman–Crippen MR) is 64.9 cm³/mol. The summed E-state index contributed by atoms with van der Waals surface area (Å²) >= 11 is 0. The zero-order valence-electron chi connectivity index (χ0n) is 10.1. The van der Waals surface area contributed by atoms with Gasteiger partial charge in [0.15, 0.2) is 0 Å². The predicted octanol–water partition coefficient (Wildman–Crippen LogP) is -0.816. The van der Waals surface area contributed by atoms with Gasteiger partial charge in [-0.3, -0.25) is 9.59 Å². The van der Waals surface area contributed by atoms with E-state index in [1.165, 1.54) is 11.9 Å². The molecule has 0 bridgehead atoms. The summed E-state index contributed by atoms with van der Waals surface area (Å²) < 4.78 is 5.24. The maximum atomic E-state index is 12.2. The van der Waals surface area contributed by atoms with Gasteiger partial charge in [0, 0.05) is 25.5 Å². The van der Waals surface area contributed by atoms with Crippen LogP contribution in [0.2, 0.25) is 0 Å². The molecule has 2 heterocycles. The van der Waals surface area contributed by atoms with Gasteiger partial charge in [-0.05, 0) is 6.07 Å². The molecule has 98 valence electrons. The van der Waals surface area contributed by atoms with Gasteiger partial charge in [-0.1, -0.05) is 0 Å². The van der Waals surface area contributed by atoms with Crippen LogP contribution in [0.4, 0.5) is 5.69 Å². The fourth-order valence-corrected chi connectivity index (χ4v) is 1.92. The molecule has 1 aliphatic rings. The molecule has 0 aromatic carbocycles. The lowest BCUT2D eigenvalue weighted by atomic mass is 10.2. The van der Waals surface area contributed by atoms with Crippen LogP contribution in [-0.4, -0.2) is 54.5 Å². The summed E-state index contributed by atoms with van der Waals surface area (Å²) in [7, 11) is 1.53. The third-order valence-corrected chi connectivity index (χ3v) is 2.87. The summed E-state index contributed by atoms with van der Waals surface area (Å²) in [5, 5.41) is 2.53. The number of nitrogens with one attached hydrogen (secondary N) is 2. The number of hydrogen-bond acceptors (Lipinski definition) is 4. The molecule has 7 heteroatoms. The second kappa shape index (κ2) is 5.09. The minimum Gasteiger partial charge on any atom is -0.397 e. The van der Waals surface area contributed by atoms with Gasteiger partial charge in [0.2, 0.25) is 5.91 Å². The molecular formula is C11H16N4O3. The third-order valence-electron chi connectivity index (χ3n) is 2.87. The largest absolute Gasteiger partial charge is 0.397 e. The van der Waals surface area contributed by atoms with E-state index in [4.69, 9.17) is 10.5 Å². The molecule has 2 rings (SSSR count). The average molecular weight is 252 g/mol. The highest BCUT2D eigenvalue weighted by Crippen LogP contribution is 2.13. The normalized spacial score (nSPS) is 19.6. The second-order valence-corrected chi connectivity index (χ2v) is 4.05. The van der Waals surface area contributed by atoms with Crippen molar-refractivity contribution in [1.82, 2.24) is 15.2 Å². The van der Waals surface area contributed by atoms with Crippen LogP contribution < -0.4 is 11.1 Å². The molecule has 4 N–H and O–H groups in total. The first-order valence-electron chi connectivity index (χ1n) is 5.67. The van der Waals surface area contributed by atoms with Gasteiger partial charge in [-0.2, -0.15) is 0 Å². The quantitative estimate of drug-likeness (QED) is 0.640. The number of carbonyl (C=O) groups excluding carboxylic acids is 2. The minimum absolute atomic E-state index is 0.210. The zero-order valence-corrected chi connectivity index (χ0v) is 10.1. The molecule has 1 aromatic rings. The molecule has 0 radical (unpaired) electrons. The number of anilines is 1. The van der Waals surface area contributed by atoms with E-state index in [-0.39, 0.29) is 18.4 Å². The Hall–Kier alpha value is -2.02. The fourth-order valence-electron chi connectivity index (χ4n) is 1.92. The van der Waals surface area contributed by atoms with E-state index < -0.39 is 6.04 Å². The molecule has 1 saturated heterocycles. The molecule has 7 nitrogen and oxygen atoms in total. The molecule has 18 heavy (non-hydrogen) atoms. The first-order valence-corrected chi connectivity index (χ1v) is 5.67. The van der Waals surface area contributed by atoms with Gasteiger partial charge < -0.3 is 25.7 Å². The highest BCUT2D eigenvalue weighted by atomic mass is 16.5. The Morgan fingerprint density at radius 3 is 3.00 bits per heavy atom. The monoisotopic (exact) mass is 252 g/mol. The smallest absolute Gasteiger partial charge is 0.271 e. The number of morpholine rings is 1. The maximum absolute atomic E-state index is 12.2. The van der Waals surface area contributed by atoms with Crippen LogP contribution in [-0.2, 0) is 9.53 Å². The van der Waals surface area contributed by atoms with Gasteiger partial charge in [0.05, 0.1) is 13.2 Å². The van der Waals surface area contributed by atoms with Crippen LogP contribution in [0, 0.1) is 0 Å². The first kappa shape index (κ1) is 12.4. The molecule has 0 saturated carbocycles. The van der Waals surface area contributed by atoms with Crippen LogP contribution in [0.3, 0.4) is 0 Å². The zero-order chi connectivity index (χ0) is 13.1. The average Bonchev–Trinajstić information content (AvgIpc) is 2.83. The van der Waals surface area contributed by atoms with Crippen LogP contribution in [0.5, 0.6) is 0 Å². The highest BCUT2D eigenvalue weighted by molar-refractivity contribution is 5.97. The molecule has 1 aromatic heterocycles. The number of nitrogens with two attached hydrogens (primary N) is 1. The number of amides is 2. The van der Waals surface area contributed by atoms with Crippen molar-refractivity contribution in [2.24, 2.45) is 0 Å². The molecule has 1 fully saturated rings. The van der Waals surface area contributed by atoms with Gasteiger partial charge in [-0.15, -0.1) is 0 Å². The highest BCUT2D eigenvalue weighted by Gasteiger charge is 2.33. The summed E-state index contributed by atoms with van der Waals surface area (Å²) in [4.78, 5) is 28.2. The summed E-state index contributed by atoms with van der Waals surface area (Å²) in [6.45, 7) is 1.02. The number of carbonyl (C=O) groups is 2. The van der Waals surface area contributed by atoms with Crippen LogP contribution in [0.15, 0.2) is 12.3 Å². The van der Waals surface area contributed by atoms with Crippen molar-refractivity contribution in [3.05, 3.63) is 18.0 Å². The van der Waals surface area contributed by atoms with Crippen LogP contribution >= 0.6 is 0 Å². The lowest BCUT2D eigenvalue weighted by molar-refractivity contribution is -0.130. The molecule has 1 atom stereocenters. The number of rotatable bonds is 2. The molecule has 0 aliphatic carbocycles. The van der Waals surface area contributed by atoms with Gasteiger partial charge >= 0.3 is 0 Å². The Balaban J connectivity index is 2.18. The molecular weight excluding hydrogens is 236 g/mol. The number of likely N-dealkylation sites (N-methyl/N-ethyl adjacent to an activating group) is 1. The fraction of sp³-hybridized carbons (Fsp3) is 0.455. The van der Waals surface area contributed by atoms with Gasteiger partial charge in [0.1, 0.15) is 11.7 Å². The number of hydrogen-bond donors (Lipinski definition) is 3. The number of nitrogen functional groups attached to an aromatic ring is 1. The van der Waals surface area contributed by atoms with Crippen LogP contribution in [0.25, 0.3) is 0 Å². The number of aromatic amines is 1. The maximum Gasteiger partial charge on any atom is 0.271 e. The van der Waals surface area contributed by atoms with Crippen molar-refractivity contribution >= 4 is 17.5 Å². The summed E-state index contributed by atoms with van der Waals surface area (Å²) in [5.74, 6) is -0.480. The molecule has 0 spiro atoms. The summed E-state index contributed by atoms with van der Waals surface area (Å²) in [6, 6.07) is 0.958.